The zero-order chi connectivity index (χ0) is 13.4. The van der Waals surface area contributed by atoms with Crippen LogP contribution in [0.5, 0.6) is 0 Å². The molecule has 0 amide bonds. The predicted octanol–water partition coefficient (Wildman–Crippen LogP) is 3.86. The van der Waals surface area contributed by atoms with Crippen LogP contribution in [0.3, 0.4) is 0 Å². The molecular formula is C14H14BrNO2. The zero-order valence-electron chi connectivity index (χ0n) is 10.5. The van der Waals surface area contributed by atoms with E-state index >= 15 is 0 Å². The highest BCUT2D eigenvalue weighted by molar-refractivity contribution is 9.10. The first-order valence-corrected chi connectivity index (χ1v) is 6.40. The Morgan fingerprint density at radius 2 is 1.89 bits per heavy atom. The molecule has 0 saturated heterocycles. The van der Waals surface area contributed by atoms with Crippen LogP contribution in [0.4, 0.5) is 0 Å². The average molecular weight is 308 g/mol. The number of halogens is 1. The summed E-state index contributed by atoms with van der Waals surface area (Å²) in [5, 5.41) is 9.13. The lowest BCUT2D eigenvalue weighted by Gasteiger charge is -2.11. The van der Waals surface area contributed by atoms with Crippen molar-refractivity contribution < 1.29 is 9.90 Å². The molecule has 3 nitrogen and oxygen atoms in total. The van der Waals surface area contributed by atoms with E-state index in [1.54, 1.807) is 6.07 Å². The Labute approximate surface area is 114 Å². The predicted molar refractivity (Wildman–Crippen MR) is 74.6 cm³/mol. The van der Waals surface area contributed by atoms with E-state index in [0.29, 0.717) is 5.56 Å². The molecule has 4 heteroatoms. The molecule has 2 aromatic rings. The highest BCUT2D eigenvalue weighted by Crippen LogP contribution is 2.24. The van der Waals surface area contributed by atoms with Gasteiger partial charge in [-0.3, -0.25) is 0 Å². The topological polar surface area (TPSA) is 42.2 Å². The lowest BCUT2D eigenvalue weighted by atomic mass is 10.2. The van der Waals surface area contributed by atoms with E-state index in [0.717, 1.165) is 27.1 Å². The second-order valence-corrected chi connectivity index (χ2v) is 5.21. The van der Waals surface area contributed by atoms with Crippen molar-refractivity contribution in [1.82, 2.24) is 4.57 Å². The summed E-state index contributed by atoms with van der Waals surface area (Å²) < 4.78 is 3.01. The molecule has 0 aliphatic carbocycles. The van der Waals surface area contributed by atoms with Gasteiger partial charge in [-0.1, -0.05) is 15.9 Å². The summed E-state index contributed by atoms with van der Waals surface area (Å²) in [6.07, 6.45) is 0. The summed E-state index contributed by atoms with van der Waals surface area (Å²) in [7, 11) is 0. The van der Waals surface area contributed by atoms with E-state index in [-0.39, 0.29) is 0 Å². The van der Waals surface area contributed by atoms with E-state index in [9.17, 15) is 4.79 Å². The Bertz CT molecular complexity index is 629. The Hall–Kier alpha value is -1.55. The molecule has 1 aromatic heterocycles. The second kappa shape index (κ2) is 4.61. The lowest BCUT2D eigenvalue weighted by Crippen LogP contribution is -2.02. The number of hydrogen-bond acceptors (Lipinski definition) is 1. The molecule has 1 heterocycles. The van der Waals surface area contributed by atoms with Gasteiger partial charge >= 0.3 is 5.97 Å². The van der Waals surface area contributed by atoms with E-state index < -0.39 is 5.97 Å². The number of nitrogens with zero attached hydrogens (tertiary/aromatic N) is 1. The Balaban J connectivity index is 2.64. The first kappa shape index (κ1) is 12.9. The average Bonchev–Trinajstić information content (AvgIpc) is 2.59. The highest BCUT2D eigenvalue weighted by atomic mass is 79.9. The molecule has 0 bridgehead atoms. The maximum Gasteiger partial charge on any atom is 0.337 e. The molecule has 94 valence electrons. The van der Waals surface area contributed by atoms with E-state index in [4.69, 9.17) is 5.11 Å². The highest BCUT2D eigenvalue weighted by Gasteiger charge is 2.15. The fourth-order valence-electron chi connectivity index (χ4n) is 2.14. The third-order valence-corrected chi connectivity index (χ3v) is 3.95. The number of aryl methyl sites for hydroxylation is 2. The van der Waals surface area contributed by atoms with Crippen molar-refractivity contribution in [2.24, 2.45) is 0 Å². The molecule has 0 spiro atoms. The number of carboxylic acid groups (broad SMARTS) is 1. The van der Waals surface area contributed by atoms with Crippen LogP contribution in [0.2, 0.25) is 0 Å². The fraction of sp³-hybridized carbons (Fsp3) is 0.214. The summed E-state index contributed by atoms with van der Waals surface area (Å²) in [5.74, 6) is -0.886. The summed E-state index contributed by atoms with van der Waals surface area (Å²) in [4.78, 5) is 11.1. The third kappa shape index (κ3) is 2.08. The van der Waals surface area contributed by atoms with Gasteiger partial charge in [0.05, 0.1) is 5.56 Å². The van der Waals surface area contributed by atoms with Crippen molar-refractivity contribution in [2.75, 3.05) is 0 Å². The van der Waals surface area contributed by atoms with Gasteiger partial charge in [-0.2, -0.15) is 0 Å². The number of carboxylic acids is 1. The van der Waals surface area contributed by atoms with Crippen LogP contribution in [-0.2, 0) is 0 Å². The number of hydrogen-bond donors (Lipinski definition) is 1. The minimum absolute atomic E-state index is 0.355. The van der Waals surface area contributed by atoms with Crippen LogP contribution < -0.4 is 0 Å². The molecule has 0 aliphatic heterocycles. The van der Waals surface area contributed by atoms with Gasteiger partial charge in [-0.15, -0.1) is 0 Å². The number of rotatable bonds is 2. The lowest BCUT2D eigenvalue weighted by molar-refractivity contribution is 0.0696. The van der Waals surface area contributed by atoms with Crippen molar-refractivity contribution >= 4 is 21.9 Å². The van der Waals surface area contributed by atoms with Crippen LogP contribution in [0.1, 0.15) is 27.3 Å². The Morgan fingerprint density at radius 3 is 2.39 bits per heavy atom. The van der Waals surface area contributed by atoms with Crippen molar-refractivity contribution in [3.05, 3.63) is 51.3 Å². The summed E-state index contributed by atoms with van der Waals surface area (Å²) in [6, 6.07) is 7.69. The van der Waals surface area contributed by atoms with Gasteiger partial charge in [0.2, 0.25) is 0 Å². The van der Waals surface area contributed by atoms with Crippen molar-refractivity contribution in [2.45, 2.75) is 20.8 Å². The van der Waals surface area contributed by atoms with E-state index in [1.807, 2.05) is 43.5 Å². The van der Waals surface area contributed by atoms with Crippen LogP contribution in [0.15, 0.2) is 28.7 Å². The Morgan fingerprint density at radius 1 is 1.22 bits per heavy atom. The first-order valence-electron chi connectivity index (χ1n) is 5.60. The molecule has 0 atom stereocenters. The number of aromatic nitrogens is 1. The van der Waals surface area contributed by atoms with Crippen molar-refractivity contribution in [1.29, 1.82) is 0 Å². The molecule has 0 aliphatic rings. The van der Waals surface area contributed by atoms with Crippen LogP contribution in [0.25, 0.3) is 5.69 Å². The largest absolute Gasteiger partial charge is 0.478 e. The number of carbonyl (C=O) groups is 1. The smallest absolute Gasteiger partial charge is 0.337 e. The molecule has 0 fully saturated rings. The molecule has 0 radical (unpaired) electrons. The summed E-state index contributed by atoms with van der Waals surface area (Å²) in [5.41, 5.74) is 4.14. The van der Waals surface area contributed by atoms with Crippen LogP contribution >= 0.6 is 15.9 Å². The van der Waals surface area contributed by atoms with E-state index in [1.165, 1.54) is 0 Å². The van der Waals surface area contributed by atoms with Crippen LogP contribution in [0, 0.1) is 20.8 Å². The molecule has 0 saturated carbocycles. The van der Waals surface area contributed by atoms with Crippen LogP contribution in [-0.4, -0.2) is 15.6 Å². The SMILES string of the molecule is Cc1cc(-n2c(C)cc(C(=O)O)c2C)ccc1Br. The van der Waals surface area contributed by atoms with Gasteiger partial charge in [0, 0.05) is 21.5 Å². The molecular weight excluding hydrogens is 294 g/mol. The third-order valence-electron chi connectivity index (χ3n) is 3.06. The number of aromatic carboxylic acids is 1. The molecule has 1 aromatic carbocycles. The Kier molecular flexibility index (Phi) is 3.30. The normalized spacial score (nSPS) is 10.7. The maximum atomic E-state index is 11.1. The second-order valence-electron chi connectivity index (χ2n) is 4.36. The molecule has 2 rings (SSSR count). The number of benzene rings is 1. The quantitative estimate of drug-likeness (QED) is 0.915. The molecule has 1 N–H and O–H groups in total. The van der Waals surface area contributed by atoms with Gasteiger partial charge in [0.1, 0.15) is 0 Å². The van der Waals surface area contributed by atoms with Crippen molar-refractivity contribution in [3.63, 3.8) is 0 Å². The minimum Gasteiger partial charge on any atom is -0.478 e. The van der Waals surface area contributed by atoms with Gasteiger partial charge in [-0.25, -0.2) is 4.79 Å². The maximum absolute atomic E-state index is 11.1. The molecule has 18 heavy (non-hydrogen) atoms. The fourth-order valence-corrected chi connectivity index (χ4v) is 2.39. The summed E-state index contributed by atoms with van der Waals surface area (Å²) >= 11 is 3.46. The van der Waals surface area contributed by atoms with Gasteiger partial charge in [0.25, 0.3) is 0 Å². The van der Waals surface area contributed by atoms with Gasteiger partial charge in [-0.05, 0) is 50.6 Å². The minimum atomic E-state index is -0.886. The zero-order valence-corrected chi connectivity index (χ0v) is 12.1. The van der Waals surface area contributed by atoms with Gasteiger partial charge < -0.3 is 9.67 Å². The standard InChI is InChI=1S/C14H14BrNO2/c1-8-6-11(4-5-13(8)15)16-9(2)7-12(10(16)3)14(17)18/h4-7H,1-3H3,(H,17,18). The van der Waals surface area contributed by atoms with E-state index in [2.05, 4.69) is 15.9 Å². The summed E-state index contributed by atoms with van der Waals surface area (Å²) in [6.45, 7) is 5.75. The van der Waals surface area contributed by atoms with Gasteiger partial charge in [0.15, 0.2) is 0 Å². The monoisotopic (exact) mass is 307 g/mol. The van der Waals surface area contributed by atoms with Crippen molar-refractivity contribution in [3.8, 4) is 5.69 Å². The first-order chi connectivity index (χ1) is 8.41. The molecule has 0 unspecified atom stereocenters.